The van der Waals surface area contributed by atoms with Gasteiger partial charge in [0.2, 0.25) is 14.2 Å². The summed E-state index contributed by atoms with van der Waals surface area (Å²) in [5.74, 6) is -0.432. The normalized spacial score (nSPS) is 12.5. The molecule has 0 spiro atoms. The summed E-state index contributed by atoms with van der Waals surface area (Å²) in [5.41, 5.74) is 1.03. The van der Waals surface area contributed by atoms with Crippen LogP contribution in [0.5, 0.6) is 0 Å². The number of rotatable bonds is 4. The molecule has 27 heavy (non-hydrogen) atoms. The van der Waals surface area contributed by atoms with E-state index in [9.17, 15) is 13.2 Å². The van der Waals surface area contributed by atoms with Gasteiger partial charge in [0.05, 0.1) is 10.2 Å². The summed E-state index contributed by atoms with van der Waals surface area (Å²) < 4.78 is 25.7. The van der Waals surface area contributed by atoms with Crippen LogP contribution in [-0.2, 0) is 9.84 Å². The van der Waals surface area contributed by atoms with Crippen LogP contribution in [0, 0.1) is 0 Å². The second-order valence-corrected chi connectivity index (χ2v) is 10.5. The third-order valence-corrected chi connectivity index (χ3v) is 8.58. The first-order valence-electron chi connectivity index (χ1n) is 8.45. The molecule has 3 aromatic carbocycles. The van der Waals surface area contributed by atoms with Crippen molar-refractivity contribution in [3.63, 3.8) is 0 Å². The lowest BCUT2D eigenvalue weighted by Crippen LogP contribution is -2.40. The topological polar surface area (TPSA) is 64.1 Å². The molecule has 0 atom stereocenters. The number of fused-ring (bicyclic) bond motifs is 2. The van der Waals surface area contributed by atoms with Crippen LogP contribution in [0.3, 0.4) is 0 Å². The highest BCUT2D eigenvalue weighted by molar-refractivity contribution is 7.95. The lowest BCUT2D eigenvalue weighted by atomic mass is 9.95. The highest BCUT2D eigenvalue weighted by Gasteiger charge is 2.45. The molecule has 1 heterocycles. The summed E-state index contributed by atoms with van der Waals surface area (Å²) in [6.07, 6.45) is 0. The SMILES string of the molecule is CC(C)(C(=O)c1cccc2ccccc12)S(=O)(=O)c1nc2ccccc2s1. The Balaban J connectivity index is 1.84. The largest absolute Gasteiger partial charge is 0.292 e. The summed E-state index contributed by atoms with van der Waals surface area (Å²) in [6.45, 7) is 2.91. The molecule has 1 aromatic heterocycles. The van der Waals surface area contributed by atoms with Crippen LogP contribution in [-0.4, -0.2) is 23.9 Å². The van der Waals surface area contributed by atoms with Crippen molar-refractivity contribution in [2.45, 2.75) is 22.9 Å². The molecule has 0 fully saturated rings. The Kier molecular flexibility index (Phi) is 4.13. The molecule has 0 amide bonds. The molecule has 0 saturated carbocycles. The van der Waals surface area contributed by atoms with Crippen LogP contribution in [0.1, 0.15) is 24.2 Å². The lowest BCUT2D eigenvalue weighted by molar-refractivity contribution is 0.0955. The number of thiazole rings is 1. The van der Waals surface area contributed by atoms with Crippen molar-refractivity contribution in [3.8, 4) is 0 Å². The van der Waals surface area contributed by atoms with Crippen molar-refractivity contribution in [3.05, 3.63) is 72.3 Å². The number of benzene rings is 3. The summed E-state index contributed by atoms with van der Waals surface area (Å²) in [4.78, 5) is 17.6. The number of aromatic nitrogens is 1. The van der Waals surface area contributed by atoms with Gasteiger partial charge in [-0.3, -0.25) is 4.79 Å². The average Bonchev–Trinajstić information content (AvgIpc) is 3.12. The molecule has 0 bridgehead atoms. The zero-order valence-electron chi connectivity index (χ0n) is 14.8. The van der Waals surface area contributed by atoms with Gasteiger partial charge in [0, 0.05) is 5.56 Å². The fourth-order valence-electron chi connectivity index (χ4n) is 3.05. The van der Waals surface area contributed by atoms with E-state index in [2.05, 4.69) is 4.98 Å². The Morgan fingerprint density at radius 3 is 2.37 bits per heavy atom. The molecule has 0 saturated heterocycles. The first-order chi connectivity index (χ1) is 12.8. The van der Waals surface area contributed by atoms with E-state index in [1.165, 1.54) is 13.8 Å². The van der Waals surface area contributed by atoms with Crippen LogP contribution >= 0.6 is 11.3 Å². The third kappa shape index (κ3) is 2.76. The Labute approximate surface area is 161 Å². The molecule has 0 unspecified atom stereocenters. The van der Waals surface area contributed by atoms with E-state index in [1.54, 1.807) is 18.2 Å². The lowest BCUT2D eigenvalue weighted by Gasteiger charge is -2.22. The molecule has 4 nitrogen and oxygen atoms in total. The Morgan fingerprint density at radius 2 is 1.59 bits per heavy atom. The van der Waals surface area contributed by atoms with Gasteiger partial charge >= 0.3 is 0 Å². The number of sulfone groups is 1. The molecular weight excluding hydrogens is 378 g/mol. The third-order valence-electron chi connectivity index (χ3n) is 4.76. The number of ketones is 1. The average molecular weight is 396 g/mol. The Hall–Kier alpha value is -2.57. The van der Waals surface area contributed by atoms with Crippen LogP contribution in [0.2, 0.25) is 0 Å². The van der Waals surface area contributed by atoms with Gasteiger partial charge in [-0.1, -0.05) is 54.6 Å². The summed E-state index contributed by atoms with van der Waals surface area (Å²) in [5, 5.41) is 1.65. The van der Waals surface area contributed by atoms with Crippen molar-refractivity contribution in [1.29, 1.82) is 0 Å². The van der Waals surface area contributed by atoms with Gasteiger partial charge in [-0.05, 0) is 36.8 Å². The maximum Gasteiger partial charge on any atom is 0.217 e. The highest BCUT2D eigenvalue weighted by Crippen LogP contribution is 2.35. The number of hydrogen-bond acceptors (Lipinski definition) is 5. The molecule has 4 rings (SSSR count). The van der Waals surface area contributed by atoms with Crippen LogP contribution < -0.4 is 0 Å². The fraction of sp³-hybridized carbons (Fsp3) is 0.143. The van der Waals surface area contributed by atoms with Gasteiger partial charge in [0.25, 0.3) is 0 Å². The number of para-hydroxylation sites is 1. The number of hydrogen-bond donors (Lipinski definition) is 0. The summed E-state index contributed by atoms with van der Waals surface area (Å²) in [7, 11) is -3.96. The summed E-state index contributed by atoms with van der Waals surface area (Å²) >= 11 is 1.10. The minimum atomic E-state index is -3.96. The minimum Gasteiger partial charge on any atom is -0.292 e. The van der Waals surface area contributed by atoms with Gasteiger partial charge in [-0.25, -0.2) is 13.4 Å². The number of Topliss-reactive ketones (excluding diaryl/α,β-unsaturated/α-hetero) is 1. The minimum absolute atomic E-state index is 0.0257. The van der Waals surface area contributed by atoms with Crippen molar-refractivity contribution in [2.75, 3.05) is 0 Å². The fourth-order valence-corrected chi connectivity index (χ4v) is 6.09. The van der Waals surface area contributed by atoms with E-state index in [0.29, 0.717) is 11.1 Å². The zero-order valence-corrected chi connectivity index (χ0v) is 16.5. The molecular formula is C21H17NO3S2. The second-order valence-electron chi connectivity index (χ2n) is 6.82. The second kappa shape index (κ2) is 6.25. The standard InChI is InChI=1S/C21H17NO3S2/c1-21(2,19(23)16-11-7-9-14-8-3-4-10-15(14)16)27(24,25)20-22-17-12-5-6-13-18(17)26-20/h3-13H,1-2H3. The molecule has 0 N–H and O–H groups in total. The van der Waals surface area contributed by atoms with Crippen LogP contribution in [0.25, 0.3) is 21.0 Å². The molecule has 0 aliphatic rings. The van der Waals surface area contributed by atoms with Crippen LogP contribution in [0.4, 0.5) is 0 Å². The first-order valence-corrected chi connectivity index (χ1v) is 10.7. The van der Waals surface area contributed by atoms with Crippen molar-refractivity contribution >= 4 is 47.9 Å². The van der Waals surface area contributed by atoms with E-state index >= 15 is 0 Å². The number of carbonyl (C=O) groups is 1. The predicted octanol–water partition coefficient (Wildman–Crippen LogP) is 4.88. The van der Waals surface area contributed by atoms with E-state index in [0.717, 1.165) is 26.8 Å². The maximum atomic E-state index is 13.3. The maximum absolute atomic E-state index is 13.3. The predicted molar refractivity (Wildman–Crippen MR) is 109 cm³/mol. The molecule has 6 heteroatoms. The molecule has 0 aliphatic carbocycles. The zero-order chi connectivity index (χ0) is 19.2. The Bertz CT molecular complexity index is 1250. The van der Waals surface area contributed by atoms with Gasteiger partial charge in [-0.15, -0.1) is 11.3 Å². The van der Waals surface area contributed by atoms with E-state index < -0.39 is 20.4 Å². The Morgan fingerprint density at radius 1 is 0.926 bits per heavy atom. The first kappa shape index (κ1) is 17.8. The quantitative estimate of drug-likeness (QED) is 0.462. The number of carbonyl (C=O) groups excluding carboxylic acids is 1. The monoisotopic (exact) mass is 395 g/mol. The molecule has 0 aliphatic heterocycles. The molecule has 4 aromatic rings. The van der Waals surface area contributed by atoms with E-state index in [-0.39, 0.29) is 4.34 Å². The smallest absolute Gasteiger partial charge is 0.217 e. The van der Waals surface area contributed by atoms with Crippen molar-refractivity contribution in [2.24, 2.45) is 0 Å². The van der Waals surface area contributed by atoms with Gasteiger partial charge < -0.3 is 0 Å². The van der Waals surface area contributed by atoms with Gasteiger partial charge in [0.15, 0.2) is 5.78 Å². The van der Waals surface area contributed by atoms with Crippen molar-refractivity contribution in [1.82, 2.24) is 4.98 Å². The van der Waals surface area contributed by atoms with Gasteiger partial charge in [0.1, 0.15) is 4.75 Å². The van der Waals surface area contributed by atoms with Gasteiger partial charge in [-0.2, -0.15) is 0 Å². The van der Waals surface area contributed by atoms with Crippen LogP contribution in [0.15, 0.2) is 71.1 Å². The van der Waals surface area contributed by atoms with E-state index in [4.69, 9.17) is 0 Å². The highest BCUT2D eigenvalue weighted by atomic mass is 32.2. The van der Waals surface area contributed by atoms with Crippen molar-refractivity contribution < 1.29 is 13.2 Å². The number of nitrogens with zero attached hydrogens (tertiary/aromatic N) is 1. The molecule has 0 radical (unpaired) electrons. The summed E-state index contributed by atoms with van der Waals surface area (Å²) in [6, 6.07) is 20.1. The van der Waals surface area contributed by atoms with E-state index in [1.807, 2.05) is 48.5 Å². The molecule has 136 valence electrons.